The number of benzene rings is 1. The van der Waals surface area contributed by atoms with Gasteiger partial charge < -0.3 is 11.1 Å². The van der Waals surface area contributed by atoms with Crippen molar-refractivity contribution >= 4 is 5.69 Å². The molecule has 2 rings (SSSR count). The highest BCUT2D eigenvalue weighted by Gasteiger charge is 2.09. The summed E-state index contributed by atoms with van der Waals surface area (Å²) in [6, 6.07) is 13.7. The van der Waals surface area contributed by atoms with Crippen molar-refractivity contribution in [2.45, 2.75) is 6.04 Å². The largest absolute Gasteiger partial charge is 0.388 e. The van der Waals surface area contributed by atoms with Gasteiger partial charge in [0.1, 0.15) is 0 Å². The van der Waals surface area contributed by atoms with Crippen molar-refractivity contribution in [1.29, 1.82) is 0 Å². The summed E-state index contributed by atoms with van der Waals surface area (Å²) in [5.41, 5.74) is 9.15. The molecule has 0 aliphatic rings. The highest BCUT2D eigenvalue weighted by atomic mass is 14.8. The molecule has 3 nitrogen and oxygen atoms in total. The second-order valence-corrected chi connectivity index (χ2v) is 3.61. The van der Waals surface area contributed by atoms with E-state index in [0.29, 0.717) is 0 Å². The Hall–Kier alpha value is -1.87. The quantitative estimate of drug-likeness (QED) is 0.821. The second-order valence-electron chi connectivity index (χ2n) is 3.61. The van der Waals surface area contributed by atoms with E-state index in [0.717, 1.165) is 16.9 Å². The summed E-state index contributed by atoms with van der Waals surface area (Å²) in [6.07, 6.45) is 1.76. The van der Waals surface area contributed by atoms with E-state index >= 15 is 0 Å². The van der Waals surface area contributed by atoms with Crippen LogP contribution in [-0.2, 0) is 0 Å². The first-order valence-electron chi connectivity index (χ1n) is 5.25. The van der Waals surface area contributed by atoms with Gasteiger partial charge >= 0.3 is 0 Å². The number of rotatable bonds is 3. The van der Waals surface area contributed by atoms with Crippen molar-refractivity contribution in [2.75, 3.05) is 12.4 Å². The normalized spacial score (nSPS) is 12.1. The number of hydrogen-bond acceptors (Lipinski definition) is 3. The Morgan fingerprint density at radius 1 is 1.19 bits per heavy atom. The molecule has 0 fully saturated rings. The minimum atomic E-state index is -0.172. The van der Waals surface area contributed by atoms with E-state index in [4.69, 9.17) is 5.73 Å². The van der Waals surface area contributed by atoms with E-state index in [1.807, 2.05) is 49.5 Å². The van der Waals surface area contributed by atoms with Crippen molar-refractivity contribution in [3.63, 3.8) is 0 Å². The van der Waals surface area contributed by atoms with Gasteiger partial charge in [0.2, 0.25) is 0 Å². The van der Waals surface area contributed by atoms with E-state index < -0.39 is 0 Å². The predicted molar refractivity (Wildman–Crippen MR) is 66.3 cm³/mol. The number of nitrogens with zero attached hydrogens (tertiary/aromatic N) is 1. The number of nitrogens with one attached hydrogen (secondary N) is 1. The molecule has 0 saturated heterocycles. The molecular formula is C13H15N3. The molecule has 0 aliphatic heterocycles. The lowest BCUT2D eigenvalue weighted by molar-refractivity contribution is 0.829. The second kappa shape index (κ2) is 4.77. The first-order valence-corrected chi connectivity index (χ1v) is 5.25. The van der Waals surface area contributed by atoms with Crippen LogP contribution in [0.4, 0.5) is 5.69 Å². The predicted octanol–water partition coefficient (Wildman–Crippen LogP) is 2.17. The zero-order valence-corrected chi connectivity index (χ0v) is 9.22. The van der Waals surface area contributed by atoms with Crippen LogP contribution in [-0.4, -0.2) is 12.0 Å². The third-order valence-electron chi connectivity index (χ3n) is 2.54. The third kappa shape index (κ3) is 2.20. The molecule has 3 heteroatoms. The van der Waals surface area contributed by atoms with Gasteiger partial charge in [-0.1, -0.05) is 18.2 Å². The number of nitrogens with two attached hydrogens (primary N) is 1. The highest BCUT2D eigenvalue weighted by molar-refractivity contribution is 5.46. The maximum atomic E-state index is 6.15. The molecule has 0 saturated carbocycles. The summed E-state index contributed by atoms with van der Waals surface area (Å²) in [7, 11) is 1.89. The van der Waals surface area contributed by atoms with Gasteiger partial charge in [-0.15, -0.1) is 0 Å². The fourth-order valence-corrected chi connectivity index (χ4v) is 1.62. The summed E-state index contributed by atoms with van der Waals surface area (Å²) in [5, 5.41) is 3.10. The molecule has 0 amide bonds. The van der Waals surface area contributed by atoms with Crippen molar-refractivity contribution in [1.82, 2.24) is 4.98 Å². The summed E-state index contributed by atoms with van der Waals surface area (Å²) < 4.78 is 0. The van der Waals surface area contributed by atoms with Crippen LogP contribution >= 0.6 is 0 Å². The molecule has 0 bridgehead atoms. The first kappa shape index (κ1) is 10.6. The van der Waals surface area contributed by atoms with Crippen LogP contribution < -0.4 is 11.1 Å². The first-order chi connectivity index (χ1) is 7.81. The Kier molecular flexibility index (Phi) is 3.17. The van der Waals surface area contributed by atoms with Crippen LogP contribution in [0, 0.1) is 0 Å². The van der Waals surface area contributed by atoms with Gasteiger partial charge in [0.15, 0.2) is 0 Å². The molecule has 1 heterocycles. The number of hydrogen-bond donors (Lipinski definition) is 2. The molecule has 2 aromatic rings. The topological polar surface area (TPSA) is 50.9 Å². The average molecular weight is 213 g/mol. The van der Waals surface area contributed by atoms with Gasteiger partial charge in [-0.3, -0.25) is 4.98 Å². The van der Waals surface area contributed by atoms with Crippen molar-refractivity contribution in [2.24, 2.45) is 5.73 Å². The minimum Gasteiger partial charge on any atom is -0.388 e. The van der Waals surface area contributed by atoms with Crippen molar-refractivity contribution in [3.05, 3.63) is 59.9 Å². The lowest BCUT2D eigenvalue weighted by atomic mass is 10.0. The Morgan fingerprint density at radius 2 is 2.06 bits per heavy atom. The van der Waals surface area contributed by atoms with Crippen LogP contribution in [0.1, 0.15) is 17.3 Å². The maximum absolute atomic E-state index is 6.15. The molecular weight excluding hydrogens is 198 g/mol. The lowest BCUT2D eigenvalue weighted by Crippen LogP contribution is -2.13. The number of aromatic nitrogens is 1. The third-order valence-corrected chi connectivity index (χ3v) is 2.54. The number of anilines is 1. The molecule has 0 aliphatic carbocycles. The SMILES string of the molecule is CNc1cccc(C(N)c2ccccn2)c1. The van der Waals surface area contributed by atoms with Crippen LogP contribution in [0.3, 0.4) is 0 Å². The zero-order valence-electron chi connectivity index (χ0n) is 9.22. The van der Waals surface area contributed by atoms with Crippen LogP contribution in [0.25, 0.3) is 0 Å². The van der Waals surface area contributed by atoms with E-state index in [1.54, 1.807) is 6.20 Å². The highest BCUT2D eigenvalue weighted by Crippen LogP contribution is 2.20. The Balaban J connectivity index is 2.30. The summed E-state index contributed by atoms with van der Waals surface area (Å²) in [4.78, 5) is 4.27. The minimum absolute atomic E-state index is 0.172. The smallest absolute Gasteiger partial charge is 0.0727 e. The lowest BCUT2D eigenvalue weighted by Gasteiger charge is -2.12. The molecule has 3 N–H and O–H groups in total. The van der Waals surface area contributed by atoms with Gasteiger partial charge in [-0.25, -0.2) is 0 Å². The Labute approximate surface area is 95.3 Å². The summed E-state index contributed by atoms with van der Waals surface area (Å²) in [6.45, 7) is 0. The van der Waals surface area contributed by atoms with Crippen molar-refractivity contribution in [3.8, 4) is 0 Å². The van der Waals surface area contributed by atoms with Gasteiger partial charge in [0.25, 0.3) is 0 Å². The standard InChI is InChI=1S/C13H15N3/c1-15-11-6-4-5-10(9-11)13(14)12-7-2-3-8-16-12/h2-9,13,15H,14H2,1H3. The van der Waals surface area contributed by atoms with Gasteiger partial charge in [-0.05, 0) is 29.8 Å². The Bertz CT molecular complexity index is 454. The zero-order chi connectivity index (χ0) is 11.4. The summed E-state index contributed by atoms with van der Waals surface area (Å²) >= 11 is 0. The molecule has 1 atom stereocenters. The van der Waals surface area contributed by atoms with Gasteiger partial charge in [0.05, 0.1) is 11.7 Å². The maximum Gasteiger partial charge on any atom is 0.0727 e. The summed E-state index contributed by atoms with van der Waals surface area (Å²) in [5.74, 6) is 0. The van der Waals surface area contributed by atoms with Gasteiger partial charge in [0, 0.05) is 18.9 Å². The molecule has 0 radical (unpaired) electrons. The van der Waals surface area contributed by atoms with Crippen LogP contribution in [0.5, 0.6) is 0 Å². The van der Waals surface area contributed by atoms with E-state index in [2.05, 4.69) is 10.3 Å². The molecule has 1 unspecified atom stereocenters. The van der Waals surface area contributed by atoms with Crippen LogP contribution in [0.15, 0.2) is 48.7 Å². The van der Waals surface area contributed by atoms with Gasteiger partial charge in [-0.2, -0.15) is 0 Å². The van der Waals surface area contributed by atoms with E-state index in [9.17, 15) is 0 Å². The fraction of sp³-hybridized carbons (Fsp3) is 0.154. The monoisotopic (exact) mass is 213 g/mol. The molecule has 0 spiro atoms. The molecule has 16 heavy (non-hydrogen) atoms. The van der Waals surface area contributed by atoms with E-state index in [1.165, 1.54) is 0 Å². The fourth-order valence-electron chi connectivity index (χ4n) is 1.62. The molecule has 82 valence electrons. The number of pyridine rings is 1. The molecule has 1 aromatic heterocycles. The van der Waals surface area contributed by atoms with E-state index in [-0.39, 0.29) is 6.04 Å². The van der Waals surface area contributed by atoms with Crippen molar-refractivity contribution < 1.29 is 0 Å². The molecule has 1 aromatic carbocycles. The van der Waals surface area contributed by atoms with Crippen LogP contribution in [0.2, 0.25) is 0 Å². The average Bonchev–Trinajstić information content (AvgIpc) is 2.39. The Morgan fingerprint density at radius 3 is 2.75 bits per heavy atom.